The lowest BCUT2D eigenvalue weighted by Crippen LogP contribution is -2.52. The molecule has 0 amide bonds. The van der Waals surface area contributed by atoms with Crippen molar-refractivity contribution in [1.82, 2.24) is 20.3 Å². The first-order valence-corrected chi connectivity index (χ1v) is 9.62. The minimum absolute atomic E-state index is 0.115. The smallest absolute Gasteiger partial charge is 0.225 e. The van der Waals surface area contributed by atoms with E-state index in [4.69, 9.17) is 9.72 Å². The van der Waals surface area contributed by atoms with E-state index in [1.807, 2.05) is 32.2 Å². The molecule has 142 valence electrons. The molecule has 5 rings (SSSR count). The molecule has 7 nitrogen and oxygen atoms in total. The molecule has 1 spiro atoms. The maximum absolute atomic E-state index is 9.89. The molecule has 0 unspecified atom stereocenters. The Labute approximate surface area is 158 Å². The summed E-state index contributed by atoms with van der Waals surface area (Å²) in [6, 6.07) is 6.02. The van der Waals surface area contributed by atoms with Crippen molar-refractivity contribution >= 4 is 5.95 Å². The normalized spacial score (nSPS) is 32.0. The topological polar surface area (TPSA) is 83.4 Å². The van der Waals surface area contributed by atoms with Crippen LogP contribution in [-0.4, -0.2) is 64.5 Å². The number of morpholine rings is 1. The summed E-state index contributed by atoms with van der Waals surface area (Å²) < 4.78 is 6.38. The Balaban J connectivity index is 1.45. The number of pyridine rings is 1. The summed E-state index contributed by atoms with van der Waals surface area (Å²) in [5, 5.41) is 13.4. The van der Waals surface area contributed by atoms with Crippen LogP contribution >= 0.6 is 0 Å². The summed E-state index contributed by atoms with van der Waals surface area (Å²) >= 11 is 0. The minimum Gasteiger partial charge on any atom is -0.396 e. The zero-order valence-electron chi connectivity index (χ0n) is 15.7. The van der Waals surface area contributed by atoms with Gasteiger partial charge < -0.3 is 20.1 Å². The lowest BCUT2D eigenvalue weighted by atomic mass is 9.83. The monoisotopic (exact) mass is 367 g/mol. The van der Waals surface area contributed by atoms with Gasteiger partial charge >= 0.3 is 0 Å². The Hall–Kier alpha value is -2.09. The second-order valence-corrected chi connectivity index (χ2v) is 8.01. The molecule has 3 aliphatic rings. The number of hydrogen-bond acceptors (Lipinski definition) is 7. The SMILES string of the molecule is Cc1ccc(-c2ccnc(N3C[C@@H]4[C@H](CO)[C@H]5CNC[C@]4(C3)O5)n2)c(C)n1. The summed E-state index contributed by atoms with van der Waals surface area (Å²) in [5.41, 5.74) is 3.66. The lowest BCUT2D eigenvalue weighted by molar-refractivity contribution is -0.0654. The first-order valence-electron chi connectivity index (χ1n) is 9.62. The fraction of sp³-hybridized carbons (Fsp3) is 0.550. The maximum Gasteiger partial charge on any atom is 0.225 e. The summed E-state index contributed by atoms with van der Waals surface area (Å²) in [7, 11) is 0. The molecule has 7 heteroatoms. The molecule has 3 saturated heterocycles. The van der Waals surface area contributed by atoms with Crippen molar-refractivity contribution in [3.63, 3.8) is 0 Å². The van der Waals surface area contributed by atoms with Crippen LogP contribution in [0.4, 0.5) is 5.95 Å². The van der Waals surface area contributed by atoms with Crippen LogP contribution in [0, 0.1) is 25.7 Å². The molecule has 2 aromatic heterocycles. The van der Waals surface area contributed by atoms with E-state index in [0.717, 1.165) is 54.8 Å². The van der Waals surface area contributed by atoms with Crippen LogP contribution in [0.25, 0.3) is 11.3 Å². The number of fused-ring (bicyclic) bond motifs is 1. The number of aryl methyl sites for hydroxylation is 2. The summed E-state index contributed by atoms with van der Waals surface area (Å²) in [5.74, 6) is 1.20. The summed E-state index contributed by atoms with van der Waals surface area (Å²) in [6.07, 6.45) is 1.93. The predicted molar refractivity (Wildman–Crippen MR) is 101 cm³/mol. The van der Waals surface area contributed by atoms with Crippen LogP contribution in [-0.2, 0) is 4.74 Å². The van der Waals surface area contributed by atoms with Crippen molar-refractivity contribution in [3.05, 3.63) is 35.8 Å². The van der Waals surface area contributed by atoms with E-state index in [1.165, 1.54) is 0 Å². The van der Waals surface area contributed by atoms with Crippen LogP contribution < -0.4 is 10.2 Å². The molecule has 0 aromatic carbocycles. The standard InChI is InChI=1S/C20H25N5O2/c1-12-3-4-14(13(2)23-12)17-5-6-22-19(24-17)25-8-16-15(9-26)18-7-21-10-20(16,11-25)27-18/h3-6,15-16,18,21,26H,7-11H2,1-2H3/t15-,16+,18+,20+/m0/s1. The second kappa shape index (κ2) is 6.22. The van der Waals surface area contributed by atoms with Gasteiger partial charge in [0.15, 0.2) is 0 Å². The van der Waals surface area contributed by atoms with Gasteiger partial charge in [-0.2, -0.15) is 0 Å². The number of nitrogens with one attached hydrogen (secondary N) is 1. The predicted octanol–water partition coefficient (Wildman–Crippen LogP) is 0.941. The number of aliphatic hydroxyl groups excluding tert-OH is 1. The molecule has 0 aliphatic carbocycles. The third-order valence-corrected chi connectivity index (χ3v) is 6.34. The molecule has 2 bridgehead atoms. The third kappa shape index (κ3) is 2.64. The Bertz CT molecular complexity index is 875. The van der Waals surface area contributed by atoms with E-state index >= 15 is 0 Å². The lowest BCUT2D eigenvalue weighted by Gasteiger charge is -2.33. The molecule has 2 aromatic rings. The highest BCUT2D eigenvalue weighted by Gasteiger charge is 2.61. The van der Waals surface area contributed by atoms with Gasteiger partial charge in [0.2, 0.25) is 5.95 Å². The van der Waals surface area contributed by atoms with Gasteiger partial charge in [0.1, 0.15) is 5.60 Å². The van der Waals surface area contributed by atoms with E-state index in [9.17, 15) is 5.11 Å². The van der Waals surface area contributed by atoms with Gasteiger partial charge in [-0.05, 0) is 32.0 Å². The van der Waals surface area contributed by atoms with E-state index < -0.39 is 0 Å². The molecular weight excluding hydrogens is 342 g/mol. The summed E-state index contributed by atoms with van der Waals surface area (Å²) in [6.45, 7) is 7.40. The Morgan fingerprint density at radius 1 is 1.30 bits per heavy atom. The van der Waals surface area contributed by atoms with Gasteiger partial charge in [0.05, 0.1) is 18.3 Å². The number of aliphatic hydroxyl groups is 1. The number of rotatable bonds is 3. The minimum atomic E-state index is -0.239. The fourth-order valence-electron chi connectivity index (χ4n) is 5.06. The van der Waals surface area contributed by atoms with Gasteiger partial charge in [0, 0.05) is 61.2 Å². The number of aromatic nitrogens is 3. The van der Waals surface area contributed by atoms with Crippen molar-refractivity contribution < 1.29 is 9.84 Å². The average molecular weight is 367 g/mol. The van der Waals surface area contributed by atoms with Crippen molar-refractivity contribution in [3.8, 4) is 11.3 Å². The highest BCUT2D eigenvalue weighted by Crippen LogP contribution is 2.47. The van der Waals surface area contributed by atoms with Gasteiger partial charge in [-0.3, -0.25) is 4.98 Å². The number of hydrogen-bond donors (Lipinski definition) is 2. The van der Waals surface area contributed by atoms with Crippen LogP contribution in [0.2, 0.25) is 0 Å². The zero-order valence-corrected chi connectivity index (χ0v) is 15.7. The summed E-state index contributed by atoms with van der Waals surface area (Å²) in [4.78, 5) is 16.1. The second-order valence-electron chi connectivity index (χ2n) is 8.01. The highest BCUT2D eigenvalue weighted by molar-refractivity contribution is 5.63. The van der Waals surface area contributed by atoms with Gasteiger partial charge in [-0.1, -0.05) is 0 Å². The van der Waals surface area contributed by atoms with E-state index in [0.29, 0.717) is 5.92 Å². The molecular formula is C20H25N5O2. The van der Waals surface area contributed by atoms with Crippen molar-refractivity contribution in [1.29, 1.82) is 0 Å². The zero-order chi connectivity index (χ0) is 18.6. The number of anilines is 1. The Morgan fingerprint density at radius 3 is 3.00 bits per heavy atom. The van der Waals surface area contributed by atoms with Crippen LogP contribution in [0.15, 0.2) is 24.4 Å². The number of ether oxygens (including phenoxy) is 1. The Kier molecular flexibility index (Phi) is 3.93. The van der Waals surface area contributed by atoms with Crippen molar-refractivity contribution in [2.24, 2.45) is 11.8 Å². The van der Waals surface area contributed by atoms with E-state index in [1.54, 1.807) is 0 Å². The van der Waals surface area contributed by atoms with E-state index in [-0.39, 0.29) is 24.2 Å². The van der Waals surface area contributed by atoms with Crippen LogP contribution in [0.1, 0.15) is 11.4 Å². The van der Waals surface area contributed by atoms with Crippen molar-refractivity contribution in [2.45, 2.75) is 25.6 Å². The quantitative estimate of drug-likeness (QED) is 0.835. The van der Waals surface area contributed by atoms with Crippen LogP contribution in [0.3, 0.4) is 0 Å². The Morgan fingerprint density at radius 2 is 2.19 bits per heavy atom. The largest absolute Gasteiger partial charge is 0.396 e. The van der Waals surface area contributed by atoms with Gasteiger partial charge in [-0.15, -0.1) is 0 Å². The first-order chi connectivity index (χ1) is 13.1. The van der Waals surface area contributed by atoms with E-state index in [2.05, 4.69) is 26.3 Å². The molecule has 4 atom stereocenters. The average Bonchev–Trinajstić information content (AvgIpc) is 3.10. The fourth-order valence-corrected chi connectivity index (χ4v) is 5.06. The number of nitrogens with zero attached hydrogens (tertiary/aromatic N) is 4. The highest BCUT2D eigenvalue weighted by atomic mass is 16.5. The van der Waals surface area contributed by atoms with Gasteiger partial charge in [-0.25, -0.2) is 9.97 Å². The van der Waals surface area contributed by atoms with Crippen LogP contribution in [0.5, 0.6) is 0 Å². The maximum atomic E-state index is 9.89. The molecule has 0 radical (unpaired) electrons. The molecule has 2 N–H and O–H groups in total. The van der Waals surface area contributed by atoms with Gasteiger partial charge in [0.25, 0.3) is 0 Å². The van der Waals surface area contributed by atoms with Crippen molar-refractivity contribution in [2.75, 3.05) is 37.7 Å². The third-order valence-electron chi connectivity index (χ3n) is 6.34. The molecule has 5 heterocycles. The molecule has 27 heavy (non-hydrogen) atoms. The molecule has 0 saturated carbocycles. The molecule has 3 fully saturated rings. The first kappa shape index (κ1) is 17.0. The molecule has 3 aliphatic heterocycles.